The van der Waals surface area contributed by atoms with Crippen molar-refractivity contribution in [3.05, 3.63) is 42.7 Å². The SMILES string of the molecule is C=CC(=O)OCc1ccccn1. The fraction of sp³-hybridized carbons (Fsp3) is 0.111. The summed E-state index contributed by atoms with van der Waals surface area (Å²) >= 11 is 0. The molecule has 0 radical (unpaired) electrons. The largest absolute Gasteiger partial charge is 0.456 e. The van der Waals surface area contributed by atoms with Gasteiger partial charge in [0, 0.05) is 12.3 Å². The summed E-state index contributed by atoms with van der Waals surface area (Å²) in [7, 11) is 0. The molecule has 0 atom stereocenters. The van der Waals surface area contributed by atoms with Gasteiger partial charge in [-0.25, -0.2) is 4.79 Å². The van der Waals surface area contributed by atoms with Gasteiger partial charge in [0.25, 0.3) is 0 Å². The first-order valence-corrected chi connectivity index (χ1v) is 3.52. The number of pyridine rings is 1. The fourth-order valence-electron chi connectivity index (χ4n) is 0.688. The summed E-state index contributed by atoms with van der Waals surface area (Å²) < 4.78 is 4.76. The number of carbonyl (C=O) groups is 1. The second-order valence-corrected chi connectivity index (χ2v) is 2.13. The molecule has 0 fully saturated rings. The summed E-state index contributed by atoms with van der Waals surface area (Å²) in [6.07, 6.45) is 2.78. The van der Waals surface area contributed by atoms with E-state index in [1.165, 1.54) is 0 Å². The molecule has 0 aliphatic heterocycles. The van der Waals surface area contributed by atoms with Crippen molar-refractivity contribution in [2.45, 2.75) is 6.61 Å². The standard InChI is InChI=1S/C9H9NO2/c1-2-9(11)12-7-8-5-3-4-6-10-8/h2-6H,1,7H2. The van der Waals surface area contributed by atoms with Crippen molar-refractivity contribution in [1.29, 1.82) is 0 Å². The predicted octanol–water partition coefficient (Wildman–Crippen LogP) is 1.31. The van der Waals surface area contributed by atoms with Crippen molar-refractivity contribution in [2.24, 2.45) is 0 Å². The van der Waals surface area contributed by atoms with Crippen LogP contribution in [0.25, 0.3) is 0 Å². The van der Waals surface area contributed by atoms with Crippen LogP contribution in [0.1, 0.15) is 5.69 Å². The highest BCUT2D eigenvalue weighted by Gasteiger charge is 1.96. The summed E-state index contributed by atoms with van der Waals surface area (Å²) in [5.74, 6) is -0.430. The number of aromatic nitrogens is 1. The first-order chi connectivity index (χ1) is 5.83. The summed E-state index contributed by atoms with van der Waals surface area (Å²) in [6, 6.07) is 5.43. The Kier molecular flexibility index (Phi) is 3.02. The number of hydrogen-bond acceptors (Lipinski definition) is 3. The average Bonchev–Trinajstić information content (AvgIpc) is 2.16. The first-order valence-electron chi connectivity index (χ1n) is 3.52. The van der Waals surface area contributed by atoms with E-state index in [1.54, 1.807) is 18.3 Å². The Bertz CT molecular complexity index is 269. The minimum absolute atomic E-state index is 0.200. The quantitative estimate of drug-likeness (QED) is 0.498. The van der Waals surface area contributed by atoms with Crippen LogP contribution in [0.4, 0.5) is 0 Å². The van der Waals surface area contributed by atoms with Crippen LogP contribution < -0.4 is 0 Å². The summed E-state index contributed by atoms with van der Waals surface area (Å²) in [4.78, 5) is 14.6. The van der Waals surface area contributed by atoms with E-state index >= 15 is 0 Å². The fourth-order valence-corrected chi connectivity index (χ4v) is 0.688. The van der Waals surface area contributed by atoms with Gasteiger partial charge in [-0.2, -0.15) is 0 Å². The lowest BCUT2D eigenvalue weighted by Gasteiger charge is -1.99. The third-order valence-electron chi connectivity index (χ3n) is 1.26. The molecular formula is C9H9NO2. The molecule has 0 saturated carbocycles. The maximum Gasteiger partial charge on any atom is 0.330 e. The van der Waals surface area contributed by atoms with Gasteiger partial charge in [-0.05, 0) is 12.1 Å². The average molecular weight is 163 g/mol. The number of carbonyl (C=O) groups excluding carboxylic acids is 1. The van der Waals surface area contributed by atoms with Crippen molar-refractivity contribution < 1.29 is 9.53 Å². The Morgan fingerprint density at radius 3 is 3.08 bits per heavy atom. The van der Waals surface area contributed by atoms with Crippen LogP contribution in [0, 0.1) is 0 Å². The van der Waals surface area contributed by atoms with E-state index < -0.39 is 5.97 Å². The van der Waals surface area contributed by atoms with Gasteiger partial charge in [-0.15, -0.1) is 0 Å². The van der Waals surface area contributed by atoms with Crippen LogP contribution in [0.5, 0.6) is 0 Å². The number of rotatable bonds is 3. The molecule has 0 bridgehead atoms. The Morgan fingerprint density at radius 2 is 2.50 bits per heavy atom. The number of nitrogens with zero attached hydrogens (tertiary/aromatic N) is 1. The molecule has 0 N–H and O–H groups in total. The van der Waals surface area contributed by atoms with Gasteiger partial charge >= 0.3 is 5.97 Å². The van der Waals surface area contributed by atoms with Crippen molar-refractivity contribution >= 4 is 5.97 Å². The zero-order valence-electron chi connectivity index (χ0n) is 6.56. The van der Waals surface area contributed by atoms with Gasteiger partial charge in [-0.3, -0.25) is 4.98 Å². The second kappa shape index (κ2) is 4.28. The van der Waals surface area contributed by atoms with Crippen LogP contribution in [-0.4, -0.2) is 11.0 Å². The molecule has 0 spiro atoms. The van der Waals surface area contributed by atoms with E-state index in [4.69, 9.17) is 4.74 Å². The van der Waals surface area contributed by atoms with Crippen molar-refractivity contribution in [1.82, 2.24) is 4.98 Å². The Morgan fingerprint density at radius 1 is 1.67 bits per heavy atom. The summed E-state index contributed by atoms with van der Waals surface area (Å²) in [6.45, 7) is 3.48. The molecule has 1 heterocycles. The van der Waals surface area contributed by atoms with Gasteiger partial charge in [0.2, 0.25) is 0 Å². The smallest absolute Gasteiger partial charge is 0.330 e. The molecule has 0 unspecified atom stereocenters. The van der Waals surface area contributed by atoms with Crippen molar-refractivity contribution in [2.75, 3.05) is 0 Å². The highest BCUT2D eigenvalue weighted by molar-refractivity contribution is 5.81. The lowest BCUT2D eigenvalue weighted by atomic mass is 10.4. The maximum atomic E-state index is 10.6. The van der Waals surface area contributed by atoms with Crippen LogP contribution in [0.15, 0.2) is 37.1 Å². The molecule has 3 heteroatoms. The normalized spacial score (nSPS) is 9.00. The van der Waals surface area contributed by atoms with E-state index in [2.05, 4.69) is 11.6 Å². The monoisotopic (exact) mass is 163 g/mol. The van der Waals surface area contributed by atoms with Gasteiger partial charge in [-0.1, -0.05) is 12.6 Å². The lowest BCUT2D eigenvalue weighted by Crippen LogP contribution is -2.01. The molecule has 1 aromatic rings. The number of esters is 1. The van der Waals surface area contributed by atoms with E-state index in [0.29, 0.717) is 0 Å². The minimum Gasteiger partial charge on any atom is -0.456 e. The molecule has 0 aliphatic rings. The number of ether oxygens (including phenoxy) is 1. The predicted molar refractivity (Wildman–Crippen MR) is 44.2 cm³/mol. The highest BCUT2D eigenvalue weighted by Crippen LogP contribution is 1.95. The lowest BCUT2D eigenvalue weighted by molar-refractivity contribution is -0.139. The summed E-state index contributed by atoms with van der Waals surface area (Å²) in [5, 5.41) is 0. The topological polar surface area (TPSA) is 39.2 Å². The molecule has 0 amide bonds. The molecule has 12 heavy (non-hydrogen) atoms. The van der Waals surface area contributed by atoms with Gasteiger partial charge in [0.05, 0.1) is 5.69 Å². The zero-order valence-corrected chi connectivity index (χ0v) is 6.56. The molecule has 62 valence electrons. The highest BCUT2D eigenvalue weighted by atomic mass is 16.5. The molecule has 0 saturated heterocycles. The summed E-state index contributed by atoms with van der Waals surface area (Å²) in [5.41, 5.74) is 0.729. The van der Waals surface area contributed by atoms with Crippen LogP contribution in [-0.2, 0) is 16.1 Å². The Hall–Kier alpha value is -1.64. The van der Waals surface area contributed by atoms with Crippen LogP contribution in [0.3, 0.4) is 0 Å². The molecule has 0 aliphatic carbocycles. The molecule has 0 aromatic carbocycles. The van der Waals surface area contributed by atoms with E-state index in [9.17, 15) is 4.79 Å². The van der Waals surface area contributed by atoms with Gasteiger partial charge in [0.15, 0.2) is 0 Å². The van der Waals surface area contributed by atoms with Crippen molar-refractivity contribution in [3.63, 3.8) is 0 Å². The van der Waals surface area contributed by atoms with E-state index in [1.807, 2.05) is 6.07 Å². The second-order valence-electron chi connectivity index (χ2n) is 2.13. The third-order valence-corrected chi connectivity index (χ3v) is 1.26. The van der Waals surface area contributed by atoms with E-state index in [-0.39, 0.29) is 6.61 Å². The molecule has 1 aromatic heterocycles. The molecule has 1 rings (SSSR count). The molecule has 3 nitrogen and oxygen atoms in total. The van der Waals surface area contributed by atoms with E-state index in [0.717, 1.165) is 11.8 Å². The van der Waals surface area contributed by atoms with Crippen LogP contribution in [0.2, 0.25) is 0 Å². The maximum absolute atomic E-state index is 10.6. The zero-order chi connectivity index (χ0) is 8.81. The van der Waals surface area contributed by atoms with Crippen molar-refractivity contribution in [3.8, 4) is 0 Å². The third kappa shape index (κ3) is 2.54. The van der Waals surface area contributed by atoms with Gasteiger partial charge < -0.3 is 4.74 Å². The minimum atomic E-state index is -0.430. The number of hydrogen-bond donors (Lipinski definition) is 0. The first kappa shape index (κ1) is 8.46. The van der Waals surface area contributed by atoms with Crippen LogP contribution >= 0.6 is 0 Å². The molecular weight excluding hydrogens is 154 g/mol. The Balaban J connectivity index is 2.43. The Labute approximate surface area is 70.7 Å². The van der Waals surface area contributed by atoms with Gasteiger partial charge in [0.1, 0.15) is 6.61 Å².